The zero-order valence-electron chi connectivity index (χ0n) is 13.6. The molecule has 7 heteroatoms. The van der Waals surface area contributed by atoms with Gasteiger partial charge in [0.05, 0.1) is 17.5 Å². The molecule has 3 rings (SSSR count). The van der Waals surface area contributed by atoms with Crippen LogP contribution in [0, 0.1) is 5.92 Å². The SMILES string of the molecule is CNc1nccnc1C[C@@H]1CCCN(C(=O)c2cnn(C)c2)C1. The van der Waals surface area contributed by atoms with Gasteiger partial charge in [-0.05, 0) is 25.2 Å². The van der Waals surface area contributed by atoms with Crippen LogP contribution in [0.1, 0.15) is 28.9 Å². The topological polar surface area (TPSA) is 75.9 Å². The summed E-state index contributed by atoms with van der Waals surface area (Å²) in [6, 6.07) is 0. The van der Waals surface area contributed by atoms with E-state index in [4.69, 9.17) is 0 Å². The van der Waals surface area contributed by atoms with Gasteiger partial charge in [0.15, 0.2) is 0 Å². The molecule has 2 aromatic heterocycles. The van der Waals surface area contributed by atoms with E-state index in [1.165, 1.54) is 0 Å². The summed E-state index contributed by atoms with van der Waals surface area (Å²) in [5, 5.41) is 7.17. The number of nitrogens with zero attached hydrogens (tertiary/aromatic N) is 5. The predicted molar refractivity (Wildman–Crippen MR) is 87.1 cm³/mol. The fourth-order valence-corrected chi connectivity index (χ4v) is 3.13. The van der Waals surface area contributed by atoms with Crippen LogP contribution in [0.3, 0.4) is 0 Å². The number of rotatable bonds is 4. The average Bonchev–Trinajstić information content (AvgIpc) is 3.01. The van der Waals surface area contributed by atoms with Crippen LogP contribution in [0.5, 0.6) is 0 Å². The lowest BCUT2D eigenvalue weighted by molar-refractivity contribution is 0.0673. The monoisotopic (exact) mass is 314 g/mol. The first-order valence-corrected chi connectivity index (χ1v) is 7.93. The van der Waals surface area contributed by atoms with Crippen LogP contribution in [0.2, 0.25) is 0 Å². The fraction of sp³-hybridized carbons (Fsp3) is 0.500. The molecule has 1 amide bonds. The van der Waals surface area contributed by atoms with Gasteiger partial charge in [0.2, 0.25) is 0 Å². The highest BCUT2D eigenvalue weighted by atomic mass is 16.2. The van der Waals surface area contributed by atoms with E-state index in [1.807, 2.05) is 19.0 Å². The largest absolute Gasteiger partial charge is 0.372 e. The number of amides is 1. The Hall–Kier alpha value is -2.44. The zero-order valence-corrected chi connectivity index (χ0v) is 13.6. The number of aryl methyl sites for hydroxylation is 1. The smallest absolute Gasteiger partial charge is 0.257 e. The Morgan fingerprint density at radius 3 is 2.96 bits per heavy atom. The molecule has 0 unspecified atom stereocenters. The standard InChI is InChI=1S/C16H22N6O/c1-17-15-14(18-5-6-19-15)8-12-4-3-7-22(10-12)16(23)13-9-20-21(2)11-13/h5-6,9,11-12H,3-4,7-8,10H2,1-2H3,(H,17,19)/t12-/m0/s1. The van der Waals surface area contributed by atoms with E-state index < -0.39 is 0 Å². The molecule has 1 N–H and O–H groups in total. The van der Waals surface area contributed by atoms with Crippen molar-refractivity contribution in [1.82, 2.24) is 24.6 Å². The van der Waals surface area contributed by atoms with Crippen molar-refractivity contribution in [2.24, 2.45) is 13.0 Å². The van der Waals surface area contributed by atoms with E-state index >= 15 is 0 Å². The van der Waals surface area contributed by atoms with Crippen molar-refractivity contribution in [3.63, 3.8) is 0 Å². The van der Waals surface area contributed by atoms with Crippen molar-refractivity contribution in [3.05, 3.63) is 36.0 Å². The van der Waals surface area contributed by atoms with Crippen LogP contribution in [-0.2, 0) is 13.5 Å². The number of aromatic nitrogens is 4. The van der Waals surface area contributed by atoms with E-state index in [0.717, 1.165) is 43.9 Å². The highest BCUT2D eigenvalue weighted by molar-refractivity contribution is 5.93. The van der Waals surface area contributed by atoms with Crippen molar-refractivity contribution in [2.45, 2.75) is 19.3 Å². The summed E-state index contributed by atoms with van der Waals surface area (Å²) >= 11 is 0. The van der Waals surface area contributed by atoms with E-state index in [-0.39, 0.29) is 5.91 Å². The molecule has 1 aliphatic heterocycles. The molecule has 7 nitrogen and oxygen atoms in total. The predicted octanol–water partition coefficient (Wildman–Crippen LogP) is 1.35. The number of hydrogen-bond acceptors (Lipinski definition) is 5. The number of piperidine rings is 1. The van der Waals surface area contributed by atoms with E-state index in [2.05, 4.69) is 20.4 Å². The summed E-state index contributed by atoms with van der Waals surface area (Å²) in [5.41, 5.74) is 1.62. The molecule has 3 heterocycles. The van der Waals surface area contributed by atoms with Crippen LogP contribution < -0.4 is 5.32 Å². The third-order valence-corrected chi connectivity index (χ3v) is 4.25. The van der Waals surface area contributed by atoms with Gasteiger partial charge in [-0.2, -0.15) is 5.10 Å². The molecule has 0 bridgehead atoms. The minimum Gasteiger partial charge on any atom is -0.372 e. The number of anilines is 1. The number of hydrogen-bond donors (Lipinski definition) is 1. The van der Waals surface area contributed by atoms with Gasteiger partial charge in [0.1, 0.15) is 5.82 Å². The molecule has 2 aromatic rings. The van der Waals surface area contributed by atoms with Gasteiger partial charge < -0.3 is 10.2 Å². The minimum absolute atomic E-state index is 0.0655. The van der Waals surface area contributed by atoms with Crippen molar-refractivity contribution < 1.29 is 4.79 Å². The van der Waals surface area contributed by atoms with Gasteiger partial charge in [-0.15, -0.1) is 0 Å². The highest BCUT2D eigenvalue weighted by Gasteiger charge is 2.26. The van der Waals surface area contributed by atoms with Crippen LogP contribution in [0.25, 0.3) is 0 Å². The Labute approximate surface area is 135 Å². The maximum Gasteiger partial charge on any atom is 0.257 e. The lowest BCUT2D eigenvalue weighted by Gasteiger charge is -2.32. The molecular formula is C16H22N6O. The second-order valence-electron chi connectivity index (χ2n) is 5.97. The second-order valence-corrected chi connectivity index (χ2v) is 5.97. The Morgan fingerprint density at radius 2 is 2.22 bits per heavy atom. The second kappa shape index (κ2) is 6.76. The molecule has 1 atom stereocenters. The van der Waals surface area contributed by atoms with Crippen molar-refractivity contribution in [1.29, 1.82) is 0 Å². The van der Waals surface area contributed by atoms with E-state index in [1.54, 1.807) is 29.5 Å². The first-order chi connectivity index (χ1) is 11.2. The van der Waals surface area contributed by atoms with E-state index in [9.17, 15) is 4.79 Å². The normalized spacial score (nSPS) is 18.0. The van der Waals surface area contributed by atoms with Crippen molar-refractivity contribution >= 4 is 11.7 Å². The Balaban J connectivity index is 1.67. The third-order valence-electron chi connectivity index (χ3n) is 4.25. The van der Waals surface area contributed by atoms with Gasteiger partial charge in [-0.25, -0.2) is 4.98 Å². The lowest BCUT2D eigenvalue weighted by Crippen LogP contribution is -2.40. The Morgan fingerprint density at radius 1 is 1.39 bits per heavy atom. The maximum absolute atomic E-state index is 12.6. The first-order valence-electron chi connectivity index (χ1n) is 7.93. The molecule has 0 spiro atoms. The lowest BCUT2D eigenvalue weighted by atomic mass is 9.93. The zero-order chi connectivity index (χ0) is 16.2. The maximum atomic E-state index is 12.6. The molecular weight excluding hydrogens is 292 g/mol. The summed E-state index contributed by atoms with van der Waals surface area (Å²) in [5.74, 6) is 1.30. The van der Waals surface area contributed by atoms with Gasteiger partial charge in [-0.3, -0.25) is 14.5 Å². The third kappa shape index (κ3) is 3.49. The summed E-state index contributed by atoms with van der Waals surface area (Å²) < 4.78 is 1.66. The number of carbonyl (C=O) groups excluding carboxylic acids is 1. The Bertz CT molecular complexity index is 683. The van der Waals surface area contributed by atoms with Crippen LogP contribution in [0.15, 0.2) is 24.8 Å². The molecule has 1 saturated heterocycles. The average molecular weight is 314 g/mol. The summed E-state index contributed by atoms with van der Waals surface area (Å²) in [7, 11) is 3.68. The Kier molecular flexibility index (Phi) is 4.55. The van der Waals surface area contributed by atoms with Crippen molar-refractivity contribution in [3.8, 4) is 0 Å². The molecule has 1 fully saturated rings. The summed E-state index contributed by atoms with van der Waals surface area (Å²) in [6.07, 6.45) is 9.77. The molecule has 0 saturated carbocycles. The minimum atomic E-state index is 0.0655. The molecule has 0 radical (unpaired) electrons. The molecule has 23 heavy (non-hydrogen) atoms. The highest BCUT2D eigenvalue weighted by Crippen LogP contribution is 2.23. The first kappa shape index (κ1) is 15.5. The number of likely N-dealkylation sites (tertiary alicyclic amines) is 1. The van der Waals surface area contributed by atoms with Crippen LogP contribution >= 0.6 is 0 Å². The number of nitrogens with one attached hydrogen (secondary N) is 1. The van der Waals surface area contributed by atoms with Gasteiger partial charge >= 0.3 is 0 Å². The summed E-state index contributed by atoms with van der Waals surface area (Å²) in [6.45, 7) is 1.57. The van der Waals surface area contributed by atoms with Crippen LogP contribution in [-0.4, -0.2) is 50.7 Å². The number of carbonyl (C=O) groups is 1. The fourth-order valence-electron chi connectivity index (χ4n) is 3.13. The molecule has 122 valence electrons. The van der Waals surface area contributed by atoms with Crippen LogP contribution in [0.4, 0.5) is 5.82 Å². The molecule has 0 aromatic carbocycles. The van der Waals surface area contributed by atoms with E-state index in [0.29, 0.717) is 11.5 Å². The molecule has 0 aliphatic carbocycles. The van der Waals surface area contributed by atoms with Gasteiger partial charge in [0, 0.05) is 45.8 Å². The van der Waals surface area contributed by atoms with Crippen molar-refractivity contribution in [2.75, 3.05) is 25.5 Å². The quantitative estimate of drug-likeness (QED) is 0.922. The molecule has 1 aliphatic rings. The van der Waals surface area contributed by atoms with Gasteiger partial charge in [0.25, 0.3) is 5.91 Å². The van der Waals surface area contributed by atoms with Gasteiger partial charge in [-0.1, -0.05) is 0 Å². The summed E-state index contributed by atoms with van der Waals surface area (Å²) in [4.78, 5) is 23.2.